The highest BCUT2D eigenvalue weighted by Crippen LogP contribution is 2.68. The highest BCUT2D eigenvalue weighted by molar-refractivity contribution is 5.85. The standard InChI is InChI=1S/C7H11F2N.ClH/c8-5(9)1-6-2-7(10,3-6)4-6;/h5H,1-4,10H2;1H. The first-order valence-electron chi connectivity index (χ1n) is 3.61. The van der Waals surface area contributed by atoms with E-state index in [0.29, 0.717) is 0 Å². The fourth-order valence-electron chi connectivity index (χ4n) is 2.63. The Bertz CT molecular complexity index is 152. The zero-order chi connectivity index (χ0) is 7.41. The van der Waals surface area contributed by atoms with E-state index in [4.69, 9.17) is 5.73 Å². The van der Waals surface area contributed by atoms with E-state index in [0.717, 1.165) is 19.3 Å². The first-order chi connectivity index (χ1) is 4.54. The molecule has 0 aromatic heterocycles. The van der Waals surface area contributed by atoms with E-state index in [2.05, 4.69) is 0 Å². The van der Waals surface area contributed by atoms with Crippen LogP contribution in [0.5, 0.6) is 0 Å². The number of halogens is 3. The van der Waals surface area contributed by atoms with Crippen LogP contribution >= 0.6 is 12.4 Å². The summed E-state index contributed by atoms with van der Waals surface area (Å²) in [5.41, 5.74) is 5.66. The Morgan fingerprint density at radius 3 is 2.00 bits per heavy atom. The Morgan fingerprint density at radius 1 is 1.27 bits per heavy atom. The molecule has 0 saturated heterocycles. The van der Waals surface area contributed by atoms with Gasteiger partial charge in [0.2, 0.25) is 6.43 Å². The van der Waals surface area contributed by atoms with Crippen LogP contribution in [0, 0.1) is 5.41 Å². The van der Waals surface area contributed by atoms with Gasteiger partial charge < -0.3 is 5.73 Å². The van der Waals surface area contributed by atoms with Crippen molar-refractivity contribution < 1.29 is 8.78 Å². The van der Waals surface area contributed by atoms with Gasteiger partial charge in [0.05, 0.1) is 0 Å². The van der Waals surface area contributed by atoms with Gasteiger partial charge in [-0.15, -0.1) is 12.4 Å². The average molecular weight is 184 g/mol. The fourth-order valence-corrected chi connectivity index (χ4v) is 2.63. The van der Waals surface area contributed by atoms with Gasteiger partial charge in [0.15, 0.2) is 0 Å². The lowest BCUT2D eigenvalue weighted by Crippen LogP contribution is -2.72. The van der Waals surface area contributed by atoms with Gasteiger partial charge in [-0.05, 0) is 24.7 Å². The Labute approximate surface area is 70.7 Å². The number of alkyl halides is 2. The number of rotatable bonds is 2. The third-order valence-corrected chi connectivity index (χ3v) is 2.77. The Hall–Kier alpha value is 0.110. The summed E-state index contributed by atoms with van der Waals surface area (Å²) in [6.45, 7) is 0. The van der Waals surface area contributed by atoms with Crippen LogP contribution in [0.3, 0.4) is 0 Å². The molecule has 2 bridgehead atoms. The van der Waals surface area contributed by atoms with Gasteiger partial charge in [0, 0.05) is 12.0 Å². The largest absolute Gasteiger partial charge is 0.325 e. The van der Waals surface area contributed by atoms with Gasteiger partial charge in [0.25, 0.3) is 0 Å². The molecular weight excluding hydrogens is 172 g/mol. The molecule has 0 amide bonds. The van der Waals surface area contributed by atoms with Crippen molar-refractivity contribution >= 4 is 12.4 Å². The van der Waals surface area contributed by atoms with E-state index in [1.54, 1.807) is 0 Å². The number of hydrogen-bond acceptors (Lipinski definition) is 1. The quantitative estimate of drug-likeness (QED) is 0.696. The molecule has 0 heterocycles. The minimum Gasteiger partial charge on any atom is -0.325 e. The van der Waals surface area contributed by atoms with E-state index in [1.807, 2.05) is 0 Å². The molecule has 0 radical (unpaired) electrons. The van der Waals surface area contributed by atoms with Crippen LogP contribution in [0.4, 0.5) is 8.78 Å². The number of hydrogen-bond donors (Lipinski definition) is 1. The third-order valence-electron chi connectivity index (χ3n) is 2.77. The zero-order valence-corrected chi connectivity index (χ0v) is 6.96. The van der Waals surface area contributed by atoms with E-state index < -0.39 is 6.43 Å². The monoisotopic (exact) mass is 183 g/mol. The van der Waals surface area contributed by atoms with Gasteiger partial charge in [0.1, 0.15) is 0 Å². The lowest BCUT2D eigenvalue weighted by Gasteiger charge is -2.69. The van der Waals surface area contributed by atoms with Gasteiger partial charge in [-0.1, -0.05) is 0 Å². The molecule has 3 saturated carbocycles. The molecule has 2 N–H and O–H groups in total. The van der Waals surface area contributed by atoms with Gasteiger partial charge in [-0.2, -0.15) is 0 Å². The molecule has 0 unspecified atom stereocenters. The van der Waals surface area contributed by atoms with Crippen LogP contribution in [0.2, 0.25) is 0 Å². The Kier molecular flexibility index (Phi) is 1.92. The van der Waals surface area contributed by atoms with Crippen molar-refractivity contribution in [3.05, 3.63) is 0 Å². The van der Waals surface area contributed by atoms with Crippen LogP contribution in [-0.2, 0) is 0 Å². The summed E-state index contributed by atoms with van der Waals surface area (Å²) in [7, 11) is 0. The van der Waals surface area contributed by atoms with E-state index in [9.17, 15) is 8.78 Å². The summed E-state index contributed by atoms with van der Waals surface area (Å²) in [6, 6.07) is 0. The predicted molar refractivity (Wildman–Crippen MR) is 41.1 cm³/mol. The molecule has 66 valence electrons. The fraction of sp³-hybridized carbons (Fsp3) is 1.00. The maximum Gasteiger partial charge on any atom is 0.239 e. The second-order valence-corrected chi connectivity index (χ2v) is 3.99. The summed E-state index contributed by atoms with van der Waals surface area (Å²) in [5, 5.41) is 0. The Balaban J connectivity index is 0.000000605. The number of nitrogens with two attached hydrogens (primary N) is 1. The first-order valence-corrected chi connectivity index (χ1v) is 3.61. The van der Waals surface area contributed by atoms with Crippen LogP contribution in [0.25, 0.3) is 0 Å². The minimum absolute atomic E-state index is 0. The highest BCUT2D eigenvalue weighted by Gasteiger charge is 2.65. The molecule has 3 aliphatic carbocycles. The molecule has 0 spiro atoms. The molecule has 11 heavy (non-hydrogen) atoms. The lowest BCUT2D eigenvalue weighted by molar-refractivity contribution is -0.158. The second kappa shape index (κ2) is 2.30. The molecule has 0 aromatic rings. The average Bonchev–Trinajstić information content (AvgIpc) is 1.56. The lowest BCUT2D eigenvalue weighted by atomic mass is 9.39. The normalized spacial score (nSPS) is 45.8. The maximum atomic E-state index is 11.9. The van der Waals surface area contributed by atoms with Crippen molar-refractivity contribution in [2.24, 2.45) is 11.1 Å². The van der Waals surface area contributed by atoms with Crippen molar-refractivity contribution in [1.29, 1.82) is 0 Å². The molecule has 3 rings (SSSR count). The van der Waals surface area contributed by atoms with Gasteiger partial charge >= 0.3 is 0 Å². The van der Waals surface area contributed by atoms with E-state index >= 15 is 0 Å². The van der Waals surface area contributed by atoms with Gasteiger partial charge in [-0.25, -0.2) is 8.78 Å². The highest BCUT2D eigenvalue weighted by atomic mass is 35.5. The summed E-state index contributed by atoms with van der Waals surface area (Å²) >= 11 is 0. The molecular formula is C7H12ClF2N. The van der Waals surface area contributed by atoms with Crippen LogP contribution < -0.4 is 5.73 Å². The first kappa shape index (κ1) is 9.20. The summed E-state index contributed by atoms with van der Waals surface area (Å²) in [4.78, 5) is 0. The molecule has 3 aliphatic rings. The van der Waals surface area contributed by atoms with Crippen molar-refractivity contribution in [3.63, 3.8) is 0 Å². The van der Waals surface area contributed by atoms with Crippen LogP contribution in [0.15, 0.2) is 0 Å². The zero-order valence-electron chi connectivity index (χ0n) is 6.15. The summed E-state index contributed by atoms with van der Waals surface area (Å²) < 4.78 is 23.7. The molecule has 1 nitrogen and oxygen atoms in total. The minimum atomic E-state index is -2.13. The van der Waals surface area contributed by atoms with E-state index in [-0.39, 0.29) is 29.8 Å². The van der Waals surface area contributed by atoms with Crippen LogP contribution in [0.1, 0.15) is 25.7 Å². The summed E-state index contributed by atoms with van der Waals surface area (Å²) in [5.74, 6) is 0. The molecule has 0 atom stereocenters. The van der Waals surface area contributed by atoms with Crippen molar-refractivity contribution in [3.8, 4) is 0 Å². The SMILES string of the molecule is Cl.NC12CC(CC(F)F)(C1)C2. The molecule has 0 aromatic carbocycles. The van der Waals surface area contributed by atoms with Crippen molar-refractivity contribution in [2.45, 2.75) is 37.6 Å². The third kappa shape index (κ3) is 1.25. The summed E-state index contributed by atoms with van der Waals surface area (Å²) in [6.07, 6.45) is 0.454. The van der Waals surface area contributed by atoms with Crippen molar-refractivity contribution in [1.82, 2.24) is 0 Å². The van der Waals surface area contributed by atoms with E-state index in [1.165, 1.54) is 0 Å². The van der Waals surface area contributed by atoms with Gasteiger partial charge in [-0.3, -0.25) is 0 Å². The Morgan fingerprint density at radius 2 is 1.73 bits per heavy atom. The molecule has 3 fully saturated rings. The molecule has 0 aliphatic heterocycles. The predicted octanol–water partition coefficient (Wildman–Crippen LogP) is 1.94. The second-order valence-electron chi connectivity index (χ2n) is 3.99. The smallest absolute Gasteiger partial charge is 0.239 e. The maximum absolute atomic E-state index is 11.9. The topological polar surface area (TPSA) is 26.0 Å². The molecule has 4 heteroatoms. The van der Waals surface area contributed by atoms with Crippen molar-refractivity contribution in [2.75, 3.05) is 0 Å². The van der Waals surface area contributed by atoms with Crippen LogP contribution in [-0.4, -0.2) is 12.0 Å².